The molecule has 3 rings (SSSR count). The van der Waals surface area contributed by atoms with E-state index in [1.54, 1.807) is 5.57 Å². The lowest BCUT2D eigenvalue weighted by Crippen LogP contribution is -2.42. The molecule has 0 nitrogen and oxygen atoms in total. The standard InChI is InChI=1S/C28H50.C2H6/c1-8-22-15-16-23-25(27(22,6)9-2)14-11-19-28(7)24(17-18-26(23)28)21(5)13-10-12-20(3)4;1-2/h15,20-21,23-26H,8-14,16-19H2,1-7H3;1-2H3. The van der Waals surface area contributed by atoms with Gasteiger partial charge >= 0.3 is 0 Å². The van der Waals surface area contributed by atoms with Crippen LogP contribution in [0.15, 0.2) is 11.6 Å². The fraction of sp³-hybridized carbons (Fsp3) is 0.933. The first kappa shape index (κ1) is 26.0. The molecule has 0 N–H and O–H groups in total. The van der Waals surface area contributed by atoms with E-state index in [2.05, 4.69) is 54.5 Å². The van der Waals surface area contributed by atoms with Crippen molar-refractivity contribution < 1.29 is 0 Å². The van der Waals surface area contributed by atoms with Gasteiger partial charge in [-0.3, -0.25) is 0 Å². The van der Waals surface area contributed by atoms with Gasteiger partial charge in [0.05, 0.1) is 0 Å². The van der Waals surface area contributed by atoms with Crippen molar-refractivity contribution in [3.63, 3.8) is 0 Å². The highest BCUT2D eigenvalue weighted by atomic mass is 14.6. The largest absolute Gasteiger partial charge is 0.0845 e. The summed E-state index contributed by atoms with van der Waals surface area (Å²) >= 11 is 0. The molecule has 0 aromatic rings. The molecule has 0 aromatic heterocycles. The lowest BCUT2D eigenvalue weighted by molar-refractivity contribution is 0.0316. The van der Waals surface area contributed by atoms with Gasteiger partial charge in [0.2, 0.25) is 0 Å². The van der Waals surface area contributed by atoms with E-state index in [0.717, 1.165) is 35.5 Å². The van der Waals surface area contributed by atoms with Crippen LogP contribution in [-0.4, -0.2) is 0 Å². The summed E-state index contributed by atoms with van der Waals surface area (Å²) in [7, 11) is 0. The van der Waals surface area contributed by atoms with Crippen LogP contribution >= 0.6 is 0 Å². The molecule has 0 amide bonds. The minimum atomic E-state index is 0.476. The fourth-order valence-electron chi connectivity index (χ4n) is 8.46. The number of hydrogen-bond donors (Lipinski definition) is 0. The zero-order valence-corrected chi connectivity index (χ0v) is 22.3. The molecule has 7 atom stereocenters. The second-order valence-corrected chi connectivity index (χ2v) is 11.9. The van der Waals surface area contributed by atoms with Gasteiger partial charge in [0.25, 0.3) is 0 Å². The van der Waals surface area contributed by atoms with Crippen molar-refractivity contribution in [2.75, 3.05) is 0 Å². The minimum Gasteiger partial charge on any atom is -0.0845 e. The zero-order chi connectivity index (χ0) is 22.5. The molecule has 0 aromatic carbocycles. The van der Waals surface area contributed by atoms with Crippen LogP contribution in [-0.2, 0) is 0 Å². The van der Waals surface area contributed by atoms with Crippen LogP contribution in [0.3, 0.4) is 0 Å². The van der Waals surface area contributed by atoms with E-state index in [9.17, 15) is 0 Å². The van der Waals surface area contributed by atoms with Crippen molar-refractivity contribution in [2.24, 2.45) is 46.3 Å². The van der Waals surface area contributed by atoms with E-state index in [1.807, 2.05) is 13.8 Å². The van der Waals surface area contributed by atoms with Crippen molar-refractivity contribution >= 4 is 0 Å². The van der Waals surface area contributed by atoms with Gasteiger partial charge in [-0.1, -0.05) is 99.6 Å². The highest BCUT2D eigenvalue weighted by Gasteiger charge is 2.56. The van der Waals surface area contributed by atoms with Gasteiger partial charge in [0.1, 0.15) is 0 Å². The van der Waals surface area contributed by atoms with Crippen LogP contribution in [0.25, 0.3) is 0 Å². The van der Waals surface area contributed by atoms with Gasteiger partial charge in [-0.05, 0) is 91.3 Å². The number of hydrogen-bond acceptors (Lipinski definition) is 0. The van der Waals surface area contributed by atoms with Crippen LogP contribution in [0.5, 0.6) is 0 Å². The molecule has 3 aliphatic carbocycles. The summed E-state index contributed by atoms with van der Waals surface area (Å²) in [5.41, 5.74) is 2.88. The Morgan fingerprint density at radius 1 is 0.967 bits per heavy atom. The molecular formula is C30H56. The fourth-order valence-corrected chi connectivity index (χ4v) is 8.46. The first-order chi connectivity index (χ1) is 14.3. The molecule has 30 heavy (non-hydrogen) atoms. The summed E-state index contributed by atoms with van der Waals surface area (Å²) < 4.78 is 0. The van der Waals surface area contributed by atoms with Gasteiger partial charge in [0.15, 0.2) is 0 Å². The predicted octanol–water partition coefficient (Wildman–Crippen LogP) is 10.1. The van der Waals surface area contributed by atoms with E-state index < -0.39 is 0 Å². The Labute approximate surface area is 191 Å². The smallest absolute Gasteiger partial charge is 0.00880 e. The monoisotopic (exact) mass is 416 g/mol. The Kier molecular flexibility index (Phi) is 9.57. The molecule has 0 heteroatoms. The van der Waals surface area contributed by atoms with Gasteiger partial charge in [-0.25, -0.2) is 0 Å². The van der Waals surface area contributed by atoms with Gasteiger partial charge < -0.3 is 0 Å². The quantitative estimate of drug-likeness (QED) is 0.362. The number of allylic oxidation sites excluding steroid dienone is 2. The van der Waals surface area contributed by atoms with E-state index in [-0.39, 0.29) is 0 Å². The summed E-state index contributed by atoms with van der Waals surface area (Å²) in [5, 5.41) is 0. The van der Waals surface area contributed by atoms with E-state index in [4.69, 9.17) is 0 Å². The van der Waals surface area contributed by atoms with Gasteiger partial charge in [-0.2, -0.15) is 0 Å². The third-order valence-electron chi connectivity index (χ3n) is 10.2. The van der Waals surface area contributed by atoms with Crippen LogP contribution in [0.4, 0.5) is 0 Å². The molecule has 3 aliphatic rings. The molecule has 2 fully saturated rings. The third-order valence-corrected chi connectivity index (χ3v) is 10.2. The van der Waals surface area contributed by atoms with Crippen LogP contribution in [0.1, 0.15) is 133 Å². The third kappa shape index (κ3) is 4.88. The number of fused-ring (bicyclic) bond motifs is 3. The van der Waals surface area contributed by atoms with E-state index in [1.165, 1.54) is 70.6 Å². The lowest BCUT2D eigenvalue weighted by atomic mass is 9.54. The van der Waals surface area contributed by atoms with Gasteiger partial charge in [-0.15, -0.1) is 0 Å². The second-order valence-electron chi connectivity index (χ2n) is 11.9. The average Bonchev–Trinajstić information content (AvgIpc) is 2.99. The first-order valence-electron chi connectivity index (χ1n) is 14.0. The molecule has 0 aliphatic heterocycles. The lowest BCUT2D eigenvalue weighted by Gasteiger charge is -2.50. The Morgan fingerprint density at radius 2 is 1.67 bits per heavy atom. The molecule has 2 saturated carbocycles. The zero-order valence-electron chi connectivity index (χ0n) is 22.3. The second kappa shape index (κ2) is 11.0. The van der Waals surface area contributed by atoms with Crippen molar-refractivity contribution in [1.82, 2.24) is 0 Å². The number of rotatable bonds is 7. The molecule has 0 spiro atoms. The van der Waals surface area contributed by atoms with Gasteiger partial charge in [0, 0.05) is 0 Å². The normalized spacial score (nSPS) is 39.3. The maximum atomic E-state index is 2.74. The van der Waals surface area contributed by atoms with Crippen molar-refractivity contribution in [3.8, 4) is 0 Å². The van der Waals surface area contributed by atoms with Crippen LogP contribution < -0.4 is 0 Å². The van der Waals surface area contributed by atoms with Crippen molar-refractivity contribution in [1.29, 1.82) is 0 Å². The van der Waals surface area contributed by atoms with E-state index >= 15 is 0 Å². The molecule has 176 valence electrons. The average molecular weight is 417 g/mol. The molecule has 0 heterocycles. The molecule has 0 saturated heterocycles. The topological polar surface area (TPSA) is 0 Å². The summed E-state index contributed by atoms with van der Waals surface area (Å²) in [5.74, 6) is 5.66. The van der Waals surface area contributed by atoms with Crippen LogP contribution in [0.2, 0.25) is 0 Å². The maximum Gasteiger partial charge on any atom is -0.00880 e. The Morgan fingerprint density at radius 3 is 2.27 bits per heavy atom. The first-order valence-corrected chi connectivity index (χ1v) is 14.0. The SMILES string of the molecule is CC.CCC1=CCC2C(CCCC3(C)C(C(C)CCCC(C)C)CCC23)C1(C)CC. The highest BCUT2D eigenvalue weighted by Crippen LogP contribution is 2.64. The van der Waals surface area contributed by atoms with E-state index in [0.29, 0.717) is 10.8 Å². The van der Waals surface area contributed by atoms with Crippen molar-refractivity contribution in [2.45, 2.75) is 133 Å². The minimum absolute atomic E-state index is 0.476. The van der Waals surface area contributed by atoms with Crippen LogP contribution in [0, 0.1) is 46.3 Å². The molecule has 7 unspecified atom stereocenters. The predicted molar refractivity (Wildman–Crippen MR) is 136 cm³/mol. The summed E-state index contributed by atoms with van der Waals surface area (Å²) in [4.78, 5) is 0. The molecular weight excluding hydrogens is 360 g/mol. The Hall–Kier alpha value is -0.260. The molecule has 0 bridgehead atoms. The summed E-state index contributed by atoms with van der Waals surface area (Å²) in [6.07, 6.45) is 18.5. The van der Waals surface area contributed by atoms with Crippen molar-refractivity contribution in [3.05, 3.63) is 11.6 Å². The summed E-state index contributed by atoms with van der Waals surface area (Å²) in [6, 6.07) is 0. The maximum absolute atomic E-state index is 2.74. The Balaban J connectivity index is 0.00000155. The Bertz CT molecular complexity index is 542. The highest BCUT2D eigenvalue weighted by molar-refractivity contribution is 5.21. The summed E-state index contributed by atoms with van der Waals surface area (Å²) in [6.45, 7) is 21.6. The molecule has 0 radical (unpaired) electrons.